The maximum absolute atomic E-state index is 10.4. The summed E-state index contributed by atoms with van der Waals surface area (Å²) in [7, 11) is 0. The lowest BCUT2D eigenvalue weighted by Gasteiger charge is -2.13. The van der Waals surface area contributed by atoms with Crippen LogP contribution >= 0.6 is 27.5 Å². The Hall–Kier alpha value is -0.830. The summed E-state index contributed by atoms with van der Waals surface area (Å²) in [5, 5.41) is 11.0. The van der Waals surface area contributed by atoms with Crippen molar-refractivity contribution in [3.63, 3.8) is 0 Å². The molecule has 1 unspecified atom stereocenters. The SMILES string of the molecule is CCCc1ccc(C(O)c2ccc(Br)c(Cl)c2)cc1. The van der Waals surface area contributed by atoms with Gasteiger partial charge in [-0.2, -0.15) is 0 Å². The molecule has 0 bridgehead atoms. The first-order valence-electron chi connectivity index (χ1n) is 6.33. The van der Waals surface area contributed by atoms with Crippen molar-refractivity contribution < 1.29 is 5.11 Å². The number of benzene rings is 2. The zero-order chi connectivity index (χ0) is 13.8. The molecule has 0 aromatic heterocycles. The van der Waals surface area contributed by atoms with E-state index in [1.807, 2.05) is 24.3 Å². The third-order valence-electron chi connectivity index (χ3n) is 3.09. The molecule has 1 nitrogen and oxygen atoms in total. The fraction of sp³-hybridized carbons (Fsp3) is 0.250. The van der Waals surface area contributed by atoms with Gasteiger partial charge in [0.05, 0.1) is 5.02 Å². The second-order valence-corrected chi connectivity index (χ2v) is 5.83. The monoisotopic (exact) mass is 338 g/mol. The predicted molar refractivity (Wildman–Crippen MR) is 83.7 cm³/mol. The molecule has 0 radical (unpaired) electrons. The van der Waals surface area contributed by atoms with Gasteiger partial charge in [0.25, 0.3) is 0 Å². The highest BCUT2D eigenvalue weighted by molar-refractivity contribution is 9.10. The first-order valence-corrected chi connectivity index (χ1v) is 7.50. The van der Waals surface area contributed by atoms with E-state index in [0.29, 0.717) is 5.02 Å². The molecule has 100 valence electrons. The van der Waals surface area contributed by atoms with Gasteiger partial charge in [0.1, 0.15) is 6.10 Å². The van der Waals surface area contributed by atoms with Gasteiger partial charge in [0, 0.05) is 4.47 Å². The van der Waals surface area contributed by atoms with Crippen LogP contribution in [0.5, 0.6) is 0 Å². The van der Waals surface area contributed by atoms with E-state index in [4.69, 9.17) is 11.6 Å². The number of hydrogen-bond donors (Lipinski definition) is 1. The van der Waals surface area contributed by atoms with Crippen molar-refractivity contribution in [2.45, 2.75) is 25.9 Å². The van der Waals surface area contributed by atoms with Gasteiger partial charge < -0.3 is 5.11 Å². The molecule has 1 N–H and O–H groups in total. The maximum atomic E-state index is 10.4. The van der Waals surface area contributed by atoms with Crippen LogP contribution in [0.3, 0.4) is 0 Å². The van der Waals surface area contributed by atoms with Gasteiger partial charge in [0.2, 0.25) is 0 Å². The molecular weight excluding hydrogens is 324 g/mol. The van der Waals surface area contributed by atoms with E-state index in [2.05, 4.69) is 35.0 Å². The Labute approximate surface area is 127 Å². The van der Waals surface area contributed by atoms with E-state index < -0.39 is 6.10 Å². The largest absolute Gasteiger partial charge is 0.384 e. The number of aliphatic hydroxyl groups is 1. The van der Waals surface area contributed by atoms with Crippen molar-refractivity contribution in [1.82, 2.24) is 0 Å². The summed E-state index contributed by atoms with van der Waals surface area (Å²) in [5.41, 5.74) is 2.99. The number of aliphatic hydroxyl groups excluding tert-OH is 1. The zero-order valence-corrected chi connectivity index (χ0v) is 13.1. The molecule has 0 saturated carbocycles. The van der Waals surface area contributed by atoms with Gasteiger partial charge in [-0.05, 0) is 51.2 Å². The average Bonchev–Trinajstić information content (AvgIpc) is 2.42. The highest BCUT2D eigenvalue weighted by Gasteiger charge is 2.11. The predicted octanol–water partition coefficient (Wildman–Crippen LogP) is 5.14. The molecule has 19 heavy (non-hydrogen) atoms. The lowest BCUT2D eigenvalue weighted by Crippen LogP contribution is -2.00. The van der Waals surface area contributed by atoms with Crippen LogP contribution in [0.2, 0.25) is 5.02 Å². The minimum absolute atomic E-state index is 0.610. The van der Waals surface area contributed by atoms with Crippen molar-refractivity contribution in [2.24, 2.45) is 0 Å². The lowest BCUT2D eigenvalue weighted by atomic mass is 9.99. The van der Waals surface area contributed by atoms with E-state index in [1.54, 1.807) is 6.07 Å². The first kappa shape index (κ1) is 14.6. The van der Waals surface area contributed by atoms with Crippen molar-refractivity contribution in [3.05, 3.63) is 68.7 Å². The molecule has 0 spiro atoms. The van der Waals surface area contributed by atoms with Crippen LogP contribution < -0.4 is 0 Å². The Balaban J connectivity index is 2.22. The van der Waals surface area contributed by atoms with E-state index in [1.165, 1.54) is 5.56 Å². The highest BCUT2D eigenvalue weighted by atomic mass is 79.9. The van der Waals surface area contributed by atoms with Gasteiger partial charge in [-0.15, -0.1) is 0 Å². The topological polar surface area (TPSA) is 20.2 Å². The third-order valence-corrected chi connectivity index (χ3v) is 4.33. The summed E-state index contributed by atoms with van der Waals surface area (Å²) in [6.45, 7) is 2.16. The quantitative estimate of drug-likeness (QED) is 0.818. The van der Waals surface area contributed by atoms with Gasteiger partial charge in [0.15, 0.2) is 0 Å². The molecule has 3 heteroatoms. The number of aryl methyl sites for hydroxylation is 1. The summed E-state index contributed by atoms with van der Waals surface area (Å²) in [5.74, 6) is 0. The van der Waals surface area contributed by atoms with Gasteiger partial charge in [-0.3, -0.25) is 0 Å². The second-order valence-electron chi connectivity index (χ2n) is 4.57. The summed E-state index contributed by atoms with van der Waals surface area (Å²) < 4.78 is 0.836. The number of rotatable bonds is 4. The smallest absolute Gasteiger partial charge is 0.104 e. The van der Waals surface area contributed by atoms with Gasteiger partial charge in [-0.1, -0.05) is 55.3 Å². The molecule has 2 aromatic rings. The molecule has 2 rings (SSSR count). The molecule has 0 saturated heterocycles. The lowest BCUT2D eigenvalue weighted by molar-refractivity contribution is 0.220. The highest BCUT2D eigenvalue weighted by Crippen LogP contribution is 2.29. The Morgan fingerprint density at radius 3 is 2.32 bits per heavy atom. The molecule has 0 aliphatic heterocycles. The average molecular weight is 340 g/mol. The van der Waals surface area contributed by atoms with Crippen LogP contribution in [0.4, 0.5) is 0 Å². The molecule has 0 heterocycles. The number of halogens is 2. The van der Waals surface area contributed by atoms with E-state index in [-0.39, 0.29) is 0 Å². The van der Waals surface area contributed by atoms with Crippen LogP contribution in [0, 0.1) is 0 Å². The molecule has 0 amide bonds. The molecular formula is C16H16BrClO. The van der Waals surface area contributed by atoms with E-state index in [9.17, 15) is 5.11 Å². The van der Waals surface area contributed by atoms with Crippen LogP contribution in [0.1, 0.15) is 36.1 Å². The van der Waals surface area contributed by atoms with Crippen LogP contribution in [-0.2, 0) is 6.42 Å². The molecule has 0 aliphatic rings. The van der Waals surface area contributed by atoms with Crippen molar-refractivity contribution >= 4 is 27.5 Å². The van der Waals surface area contributed by atoms with Crippen molar-refractivity contribution in [2.75, 3.05) is 0 Å². The van der Waals surface area contributed by atoms with Crippen LogP contribution in [0.15, 0.2) is 46.9 Å². The van der Waals surface area contributed by atoms with Crippen LogP contribution in [0.25, 0.3) is 0 Å². The normalized spacial score (nSPS) is 12.4. The van der Waals surface area contributed by atoms with Crippen molar-refractivity contribution in [3.8, 4) is 0 Å². The van der Waals surface area contributed by atoms with Gasteiger partial charge in [-0.25, -0.2) is 0 Å². The summed E-state index contributed by atoms with van der Waals surface area (Å²) in [6.07, 6.45) is 1.56. The number of hydrogen-bond acceptors (Lipinski definition) is 1. The first-order chi connectivity index (χ1) is 9.11. The minimum Gasteiger partial charge on any atom is -0.384 e. The van der Waals surface area contributed by atoms with Gasteiger partial charge >= 0.3 is 0 Å². The summed E-state index contributed by atoms with van der Waals surface area (Å²) >= 11 is 9.40. The standard InChI is InChI=1S/C16H16BrClO/c1-2-3-11-4-6-12(7-5-11)16(19)13-8-9-14(17)15(18)10-13/h4-10,16,19H,2-3H2,1H3. The Morgan fingerprint density at radius 2 is 1.74 bits per heavy atom. The molecule has 2 aromatic carbocycles. The summed E-state index contributed by atoms with van der Waals surface area (Å²) in [6, 6.07) is 13.6. The van der Waals surface area contributed by atoms with E-state index >= 15 is 0 Å². The van der Waals surface area contributed by atoms with Crippen molar-refractivity contribution in [1.29, 1.82) is 0 Å². The Kier molecular flexibility index (Phi) is 5.03. The zero-order valence-electron chi connectivity index (χ0n) is 10.7. The Bertz CT molecular complexity index is 551. The fourth-order valence-corrected chi connectivity index (χ4v) is 2.47. The molecule has 0 aliphatic carbocycles. The maximum Gasteiger partial charge on any atom is 0.104 e. The second kappa shape index (κ2) is 6.56. The summed E-state index contributed by atoms with van der Waals surface area (Å²) in [4.78, 5) is 0. The van der Waals surface area contributed by atoms with E-state index in [0.717, 1.165) is 28.4 Å². The fourth-order valence-electron chi connectivity index (χ4n) is 2.03. The molecule has 0 fully saturated rings. The Morgan fingerprint density at radius 1 is 1.11 bits per heavy atom. The molecule has 1 atom stereocenters. The third kappa shape index (κ3) is 3.59. The van der Waals surface area contributed by atoms with Crippen LogP contribution in [-0.4, -0.2) is 5.11 Å². The minimum atomic E-state index is -0.638.